The first-order valence-electron chi connectivity index (χ1n) is 7.39. The number of hydrogen-bond acceptors (Lipinski definition) is 7. The minimum atomic E-state index is 0.538. The second kappa shape index (κ2) is 6.29. The molecule has 4 rings (SSSR count). The lowest BCUT2D eigenvalue weighted by atomic mass is 10.3. The highest BCUT2D eigenvalue weighted by Crippen LogP contribution is 2.15. The largest absolute Gasteiger partial charge is 0.363 e. The normalized spacial score (nSPS) is 10.7. The van der Waals surface area contributed by atoms with E-state index in [-0.39, 0.29) is 0 Å². The van der Waals surface area contributed by atoms with Crippen molar-refractivity contribution in [2.75, 3.05) is 10.6 Å². The number of imidazole rings is 1. The van der Waals surface area contributed by atoms with Gasteiger partial charge in [0.2, 0.25) is 0 Å². The third-order valence-electron chi connectivity index (χ3n) is 3.36. The smallest absolute Gasteiger partial charge is 0.150 e. The Morgan fingerprint density at radius 1 is 0.958 bits per heavy atom. The fourth-order valence-corrected chi connectivity index (χ4v) is 2.28. The molecule has 118 valence electrons. The van der Waals surface area contributed by atoms with Crippen molar-refractivity contribution in [3.05, 3.63) is 61.1 Å². The SMILES string of the molecule is c1ccc2[nH]c(CNc3cc(Nc4cnccn4)ncn3)nc2c1. The van der Waals surface area contributed by atoms with Crippen LogP contribution in [0.25, 0.3) is 11.0 Å². The van der Waals surface area contributed by atoms with Crippen molar-refractivity contribution < 1.29 is 0 Å². The van der Waals surface area contributed by atoms with Gasteiger partial charge >= 0.3 is 0 Å². The van der Waals surface area contributed by atoms with Gasteiger partial charge in [-0.05, 0) is 12.1 Å². The Bertz CT molecular complexity index is 917. The van der Waals surface area contributed by atoms with Gasteiger partial charge in [0.25, 0.3) is 0 Å². The van der Waals surface area contributed by atoms with Gasteiger partial charge in [-0.3, -0.25) is 4.98 Å². The molecule has 0 aliphatic carbocycles. The molecule has 24 heavy (non-hydrogen) atoms. The van der Waals surface area contributed by atoms with E-state index in [1.54, 1.807) is 24.7 Å². The van der Waals surface area contributed by atoms with Crippen LogP contribution in [0.3, 0.4) is 0 Å². The molecule has 4 aromatic rings. The van der Waals surface area contributed by atoms with Crippen LogP contribution in [0.4, 0.5) is 17.5 Å². The quantitative estimate of drug-likeness (QED) is 0.519. The monoisotopic (exact) mass is 318 g/mol. The molecule has 0 atom stereocenters. The zero-order valence-corrected chi connectivity index (χ0v) is 12.6. The Morgan fingerprint density at radius 2 is 1.88 bits per heavy atom. The van der Waals surface area contributed by atoms with Gasteiger partial charge in [-0.15, -0.1) is 0 Å². The molecular formula is C16H14N8. The highest BCUT2D eigenvalue weighted by Gasteiger charge is 2.04. The van der Waals surface area contributed by atoms with Gasteiger partial charge < -0.3 is 15.6 Å². The van der Waals surface area contributed by atoms with Crippen LogP contribution in [0.15, 0.2) is 55.2 Å². The van der Waals surface area contributed by atoms with Gasteiger partial charge in [-0.1, -0.05) is 12.1 Å². The summed E-state index contributed by atoms with van der Waals surface area (Å²) < 4.78 is 0. The van der Waals surface area contributed by atoms with Crippen LogP contribution in [0.5, 0.6) is 0 Å². The van der Waals surface area contributed by atoms with E-state index in [1.807, 2.05) is 24.3 Å². The molecule has 8 heteroatoms. The van der Waals surface area contributed by atoms with E-state index in [4.69, 9.17) is 0 Å². The molecule has 0 amide bonds. The van der Waals surface area contributed by atoms with Crippen molar-refractivity contribution in [1.29, 1.82) is 0 Å². The summed E-state index contributed by atoms with van der Waals surface area (Å²) in [6, 6.07) is 9.72. The number of hydrogen-bond donors (Lipinski definition) is 3. The van der Waals surface area contributed by atoms with E-state index >= 15 is 0 Å². The molecule has 3 aromatic heterocycles. The Hall–Kier alpha value is -3.55. The lowest BCUT2D eigenvalue weighted by Gasteiger charge is -2.06. The predicted octanol–water partition coefficient (Wildman–Crippen LogP) is 2.50. The summed E-state index contributed by atoms with van der Waals surface area (Å²) in [7, 11) is 0. The van der Waals surface area contributed by atoms with Gasteiger partial charge in [0.05, 0.1) is 23.8 Å². The maximum atomic E-state index is 4.52. The molecule has 0 fully saturated rings. The maximum Gasteiger partial charge on any atom is 0.150 e. The van der Waals surface area contributed by atoms with E-state index in [1.165, 1.54) is 6.33 Å². The number of nitrogens with one attached hydrogen (secondary N) is 3. The number of fused-ring (bicyclic) bond motifs is 1. The van der Waals surface area contributed by atoms with Crippen molar-refractivity contribution in [3.8, 4) is 0 Å². The van der Waals surface area contributed by atoms with Gasteiger partial charge in [0.1, 0.15) is 29.6 Å². The van der Waals surface area contributed by atoms with Crippen LogP contribution in [0.2, 0.25) is 0 Å². The Morgan fingerprint density at radius 3 is 2.75 bits per heavy atom. The standard InChI is InChI=1S/C16H14N8/c1-2-4-12-11(3-1)22-16(23-12)9-19-13-7-14(21-10-20-13)24-15-8-17-5-6-18-15/h1-8,10H,9H2,(H,22,23)(H2,18,19,20,21,24). The summed E-state index contributed by atoms with van der Waals surface area (Å²) in [5.41, 5.74) is 1.96. The number of para-hydroxylation sites is 2. The summed E-state index contributed by atoms with van der Waals surface area (Å²) in [6.45, 7) is 0.538. The number of rotatable bonds is 5. The Labute approximate surface area is 137 Å². The van der Waals surface area contributed by atoms with Gasteiger partial charge in [0, 0.05) is 18.5 Å². The molecule has 0 unspecified atom stereocenters. The van der Waals surface area contributed by atoms with E-state index in [9.17, 15) is 0 Å². The molecule has 3 heterocycles. The number of aromatic amines is 1. The number of nitrogens with zero attached hydrogens (tertiary/aromatic N) is 5. The fraction of sp³-hybridized carbons (Fsp3) is 0.0625. The van der Waals surface area contributed by atoms with Gasteiger partial charge in [0.15, 0.2) is 0 Å². The van der Waals surface area contributed by atoms with Crippen molar-refractivity contribution in [3.63, 3.8) is 0 Å². The van der Waals surface area contributed by atoms with Crippen molar-refractivity contribution >= 4 is 28.5 Å². The molecule has 8 nitrogen and oxygen atoms in total. The van der Waals surface area contributed by atoms with Gasteiger partial charge in [-0.25, -0.2) is 19.9 Å². The summed E-state index contributed by atoms with van der Waals surface area (Å²) in [5.74, 6) is 2.80. The molecule has 0 aliphatic heterocycles. The molecule has 0 saturated carbocycles. The molecule has 0 aliphatic rings. The summed E-state index contributed by atoms with van der Waals surface area (Å²) in [4.78, 5) is 24.3. The van der Waals surface area contributed by atoms with Crippen molar-refractivity contribution in [1.82, 2.24) is 29.9 Å². The molecular weight excluding hydrogens is 304 g/mol. The zero-order chi connectivity index (χ0) is 16.2. The maximum absolute atomic E-state index is 4.52. The minimum absolute atomic E-state index is 0.538. The highest BCUT2D eigenvalue weighted by atomic mass is 15.1. The van der Waals surface area contributed by atoms with E-state index in [0.717, 1.165) is 16.9 Å². The molecule has 3 N–H and O–H groups in total. The summed E-state index contributed by atoms with van der Waals surface area (Å²) in [5, 5.41) is 6.30. The van der Waals surface area contributed by atoms with E-state index < -0.39 is 0 Å². The minimum Gasteiger partial charge on any atom is -0.363 e. The third kappa shape index (κ3) is 3.12. The van der Waals surface area contributed by atoms with E-state index in [0.29, 0.717) is 24.0 Å². The zero-order valence-electron chi connectivity index (χ0n) is 12.6. The van der Waals surface area contributed by atoms with Crippen LogP contribution in [-0.4, -0.2) is 29.9 Å². The molecule has 0 radical (unpaired) electrons. The van der Waals surface area contributed by atoms with E-state index in [2.05, 4.69) is 40.5 Å². The number of H-pyrrole nitrogens is 1. The number of aromatic nitrogens is 6. The Kier molecular flexibility index (Phi) is 3.69. The first kappa shape index (κ1) is 14.1. The molecule has 1 aromatic carbocycles. The van der Waals surface area contributed by atoms with Gasteiger partial charge in [-0.2, -0.15) is 0 Å². The lowest BCUT2D eigenvalue weighted by molar-refractivity contribution is 0.991. The second-order valence-electron chi connectivity index (χ2n) is 5.06. The second-order valence-corrected chi connectivity index (χ2v) is 5.06. The van der Waals surface area contributed by atoms with Crippen LogP contribution in [0.1, 0.15) is 5.82 Å². The van der Waals surface area contributed by atoms with Crippen molar-refractivity contribution in [2.24, 2.45) is 0 Å². The van der Waals surface area contributed by atoms with Crippen LogP contribution in [-0.2, 0) is 6.54 Å². The molecule has 0 bridgehead atoms. The van der Waals surface area contributed by atoms with Crippen LogP contribution < -0.4 is 10.6 Å². The first-order valence-corrected chi connectivity index (χ1v) is 7.39. The highest BCUT2D eigenvalue weighted by molar-refractivity contribution is 5.74. The number of anilines is 3. The fourth-order valence-electron chi connectivity index (χ4n) is 2.28. The van der Waals surface area contributed by atoms with Crippen LogP contribution >= 0.6 is 0 Å². The summed E-state index contributed by atoms with van der Waals surface area (Å²) in [6.07, 6.45) is 6.35. The summed E-state index contributed by atoms with van der Waals surface area (Å²) >= 11 is 0. The molecule has 0 spiro atoms. The average molecular weight is 318 g/mol. The topological polar surface area (TPSA) is 104 Å². The lowest BCUT2D eigenvalue weighted by Crippen LogP contribution is -2.04. The first-order chi connectivity index (χ1) is 11.9. The predicted molar refractivity (Wildman–Crippen MR) is 90.8 cm³/mol. The van der Waals surface area contributed by atoms with Crippen LogP contribution in [0, 0.1) is 0 Å². The van der Waals surface area contributed by atoms with Crippen molar-refractivity contribution in [2.45, 2.75) is 6.54 Å². The number of benzene rings is 1. The molecule has 0 saturated heterocycles. The average Bonchev–Trinajstić information content (AvgIpc) is 3.04. The third-order valence-corrected chi connectivity index (χ3v) is 3.36. The Balaban J connectivity index is 1.45.